The monoisotopic (exact) mass is 404 g/mol. The van der Waals surface area contributed by atoms with Crippen LogP contribution in [0, 0.1) is 0 Å². The van der Waals surface area contributed by atoms with Gasteiger partial charge in [-0.05, 0) is 12.1 Å². The van der Waals surface area contributed by atoms with Gasteiger partial charge in [0, 0.05) is 55.9 Å². The molecule has 4 rings (SSSR count). The van der Waals surface area contributed by atoms with E-state index in [1.165, 1.54) is 0 Å². The predicted molar refractivity (Wildman–Crippen MR) is 106 cm³/mol. The summed E-state index contributed by atoms with van der Waals surface area (Å²) in [5.74, 6) is 1.05. The van der Waals surface area contributed by atoms with E-state index in [9.17, 15) is 4.79 Å². The number of hydrogen-bond donors (Lipinski definition) is 0. The van der Waals surface area contributed by atoms with E-state index in [4.69, 9.17) is 20.9 Å². The Morgan fingerprint density at radius 3 is 2.43 bits per heavy atom. The molecule has 2 aromatic rings. The van der Waals surface area contributed by atoms with Crippen LogP contribution in [0.1, 0.15) is 5.76 Å². The van der Waals surface area contributed by atoms with E-state index in [1.54, 1.807) is 0 Å². The van der Waals surface area contributed by atoms with Gasteiger partial charge in [0.15, 0.2) is 5.76 Å². The molecular weight excluding hydrogens is 380 g/mol. The molecule has 0 radical (unpaired) electrons. The maximum absolute atomic E-state index is 12.5. The molecule has 0 spiro atoms. The van der Waals surface area contributed by atoms with E-state index in [1.807, 2.05) is 35.2 Å². The Balaban J connectivity index is 1.25. The van der Waals surface area contributed by atoms with E-state index in [0.29, 0.717) is 18.1 Å². The lowest BCUT2D eigenvalue weighted by Gasteiger charge is -2.35. The Hall–Kier alpha value is -1.93. The molecule has 1 amide bonds. The number of carbonyl (C=O) groups is 1. The van der Waals surface area contributed by atoms with Crippen LogP contribution in [-0.4, -0.2) is 84.8 Å². The molecule has 0 unspecified atom stereocenters. The van der Waals surface area contributed by atoms with Crippen molar-refractivity contribution >= 4 is 17.5 Å². The van der Waals surface area contributed by atoms with Crippen molar-refractivity contribution < 1.29 is 14.1 Å². The standard InChI is InChI=1S/C20H25ClN4O3/c21-17-3-1-16(2-4-17)19-13-18(28-22-19)14-23-5-7-25(8-6-23)20(26)15-24-9-11-27-12-10-24/h1-4,13H,5-12,14-15H2. The molecule has 7 nitrogen and oxygen atoms in total. The minimum atomic E-state index is 0.214. The van der Waals surface area contributed by atoms with Gasteiger partial charge in [-0.15, -0.1) is 0 Å². The number of hydrogen-bond acceptors (Lipinski definition) is 6. The number of piperazine rings is 1. The molecule has 2 aliphatic rings. The van der Waals surface area contributed by atoms with Gasteiger partial charge in [-0.25, -0.2) is 0 Å². The van der Waals surface area contributed by atoms with E-state index in [2.05, 4.69) is 15.0 Å². The molecule has 8 heteroatoms. The minimum Gasteiger partial charge on any atom is -0.379 e. The van der Waals surface area contributed by atoms with Crippen LogP contribution in [0.5, 0.6) is 0 Å². The first-order chi connectivity index (χ1) is 13.7. The Labute approximate surface area is 169 Å². The summed E-state index contributed by atoms with van der Waals surface area (Å²) < 4.78 is 10.8. The third-order valence-corrected chi connectivity index (χ3v) is 5.52. The highest BCUT2D eigenvalue weighted by Crippen LogP contribution is 2.22. The van der Waals surface area contributed by atoms with Crippen molar-refractivity contribution in [3.63, 3.8) is 0 Å². The summed E-state index contributed by atoms with van der Waals surface area (Å²) in [4.78, 5) is 18.9. The van der Waals surface area contributed by atoms with E-state index in [-0.39, 0.29) is 5.91 Å². The van der Waals surface area contributed by atoms with Gasteiger partial charge in [-0.3, -0.25) is 14.6 Å². The summed E-state index contributed by atoms with van der Waals surface area (Å²) in [6.45, 7) is 7.50. The second kappa shape index (κ2) is 9.05. The molecule has 2 saturated heterocycles. The summed E-state index contributed by atoms with van der Waals surface area (Å²) in [5, 5.41) is 4.87. The minimum absolute atomic E-state index is 0.214. The number of morpholine rings is 1. The fraction of sp³-hybridized carbons (Fsp3) is 0.500. The third kappa shape index (κ3) is 4.91. The van der Waals surface area contributed by atoms with Crippen molar-refractivity contribution in [2.24, 2.45) is 0 Å². The molecule has 0 bridgehead atoms. The van der Waals surface area contributed by atoms with Crippen LogP contribution >= 0.6 is 11.6 Å². The summed E-state index contributed by atoms with van der Waals surface area (Å²) in [6.07, 6.45) is 0. The number of ether oxygens (including phenoxy) is 1. The van der Waals surface area contributed by atoms with Crippen LogP contribution in [0.15, 0.2) is 34.9 Å². The first kappa shape index (κ1) is 19.4. The maximum Gasteiger partial charge on any atom is 0.236 e. The SMILES string of the molecule is O=C(CN1CCOCC1)N1CCN(Cc2cc(-c3ccc(Cl)cc3)no2)CC1. The van der Waals surface area contributed by atoms with Gasteiger partial charge in [0.05, 0.1) is 26.3 Å². The molecule has 1 aromatic carbocycles. The van der Waals surface area contributed by atoms with E-state index >= 15 is 0 Å². The molecule has 2 aliphatic heterocycles. The second-order valence-corrected chi connectivity index (χ2v) is 7.67. The number of nitrogens with zero attached hydrogens (tertiary/aromatic N) is 4. The Kier molecular flexibility index (Phi) is 6.26. The quantitative estimate of drug-likeness (QED) is 0.759. The van der Waals surface area contributed by atoms with Gasteiger partial charge in [0.2, 0.25) is 5.91 Å². The molecule has 0 atom stereocenters. The highest BCUT2D eigenvalue weighted by atomic mass is 35.5. The van der Waals surface area contributed by atoms with E-state index < -0.39 is 0 Å². The van der Waals surface area contributed by atoms with Crippen LogP contribution in [0.4, 0.5) is 0 Å². The number of amides is 1. The molecular formula is C20H25ClN4O3. The summed E-state index contributed by atoms with van der Waals surface area (Å²) in [6, 6.07) is 9.53. The molecule has 150 valence electrons. The van der Waals surface area contributed by atoms with Gasteiger partial charge in [0.25, 0.3) is 0 Å². The average Bonchev–Trinajstić information content (AvgIpc) is 3.18. The summed E-state index contributed by atoms with van der Waals surface area (Å²) in [5.41, 5.74) is 1.80. The zero-order valence-electron chi connectivity index (χ0n) is 15.8. The first-order valence-electron chi connectivity index (χ1n) is 9.69. The van der Waals surface area contributed by atoms with Crippen molar-refractivity contribution in [2.75, 3.05) is 59.0 Å². The van der Waals surface area contributed by atoms with Gasteiger partial charge >= 0.3 is 0 Å². The molecule has 1 aromatic heterocycles. The van der Waals surface area contributed by atoms with Crippen LogP contribution < -0.4 is 0 Å². The average molecular weight is 405 g/mol. The Morgan fingerprint density at radius 2 is 1.71 bits per heavy atom. The first-order valence-corrected chi connectivity index (χ1v) is 10.1. The topological polar surface area (TPSA) is 62.1 Å². The summed E-state index contributed by atoms with van der Waals surface area (Å²) >= 11 is 5.94. The van der Waals surface area contributed by atoms with E-state index in [0.717, 1.165) is 69.5 Å². The highest BCUT2D eigenvalue weighted by molar-refractivity contribution is 6.30. The third-order valence-electron chi connectivity index (χ3n) is 5.27. The number of carbonyl (C=O) groups excluding carboxylic acids is 1. The zero-order valence-corrected chi connectivity index (χ0v) is 16.6. The fourth-order valence-corrected chi connectivity index (χ4v) is 3.70. The van der Waals surface area contributed by atoms with Crippen molar-refractivity contribution in [3.8, 4) is 11.3 Å². The predicted octanol–water partition coefficient (Wildman–Crippen LogP) is 1.97. The van der Waals surface area contributed by atoms with Crippen molar-refractivity contribution in [3.05, 3.63) is 41.1 Å². The van der Waals surface area contributed by atoms with Crippen LogP contribution in [0.25, 0.3) is 11.3 Å². The van der Waals surface area contributed by atoms with Crippen LogP contribution in [0.2, 0.25) is 5.02 Å². The number of benzene rings is 1. The lowest BCUT2D eigenvalue weighted by Crippen LogP contribution is -2.51. The molecule has 3 heterocycles. The molecule has 0 aliphatic carbocycles. The van der Waals surface area contributed by atoms with Gasteiger partial charge < -0.3 is 14.2 Å². The molecule has 2 fully saturated rings. The molecule has 28 heavy (non-hydrogen) atoms. The lowest BCUT2D eigenvalue weighted by molar-refractivity contribution is -0.135. The number of halogens is 1. The highest BCUT2D eigenvalue weighted by Gasteiger charge is 2.24. The number of aromatic nitrogens is 1. The summed E-state index contributed by atoms with van der Waals surface area (Å²) in [7, 11) is 0. The molecule has 0 N–H and O–H groups in total. The Morgan fingerprint density at radius 1 is 1.00 bits per heavy atom. The zero-order chi connectivity index (χ0) is 19.3. The van der Waals surface area contributed by atoms with Crippen molar-refractivity contribution in [1.82, 2.24) is 19.9 Å². The van der Waals surface area contributed by atoms with Crippen LogP contribution in [-0.2, 0) is 16.1 Å². The normalized spacial score (nSPS) is 19.1. The van der Waals surface area contributed by atoms with Gasteiger partial charge in [0.1, 0.15) is 5.69 Å². The van der Waals surface area contributed by atoms with Crippen molar-refractivity contribution in [1.29, 1.82) is 0 Å². The second-order valence-electron chi connectivity index (χ2n) is 7.23. The van der Waals surface area contributed by atoms with Gasteiger partial charge in [-0.2, -0.15) is 0 Å². The van der Waals surface area contributed by atoms with Gasteiger partial charge in [-0.1, -0.05) is 28.9 Å². The smallest absolute Gasteiger partial charge is 0.236 e. The largest absolute Gasteiger partial charge is 0.379 e. The van der Waals surface area contributed by atoms with Crippen molar-refractivity contribution in [2.45, 2.75) is 6.54 Å². The molecule has 0 saturated carbocycles. The Bertz CT molecular complexity index is 781. The van der Waals surface area contributed by atoms with Crippen LogP contribution in [0.3, 0.4) is 0 Å². The maximum atomic E-state index is 12.5. The lowest BCUT2D eigenvalue weighted by atomic mass is 10.1. The fourth-order valence-electron chi connectivity index (χ4n) is 3.57. The number of rotatable bonds is 5.